The maximum Gasteiger partial charge on any atom is 0.255 e. The van der Waals surface area contributed by atoms with Gasteiger partial charge in [0.1, 0.15) is 6.10 Å². The summed E-state index contributed by atoms with van der Waals surface area (Å²) in [5, 5.41) is 0. The fourth-order valence-corrected chi connectivity index (χ4v) is 3.12. The van der Waals surface area contributed by atoms with E-state index >= 15 is 0 Å². The number of rotatable bonds is 3. The first-order valence-corrected chi connectivity index (χ1v) is 8.60. The molecule has 1 fully saturated rings. The summed E-state index contributed by atoms with van der Waals surface area (Å²) in [6, 6.07) is 9.66. The Balaban J connectivity index is 1.54. The number of carbonyl (C=O) groups excluding carboxylic acids is 1. The second-order valence-corrected chi connectivity index (χ2v) is 6.55. The normalized spacial score (nSPS) is 17.5. The van der Waals surface area contributed by atoms with E-state index in [2.05, 4.69) is 9.97 Å². The van der Waals surface area contributed by atoms with Gasteiger partial charge in [-0.15, -0.1) is 0 Å². The third-order valence-electron chi connectivity index (χ3n) is 4.50. The van der Waals surface area contributed by atoms with Gasteiger partial charge in [0.25, 0.3) is 5.91 Å². The molecule has 1 saturated heterocycles. The van der Waals surface area contributed by atoms with E-state index in [0.29, 0.717) is 31.2 Å². The number of aromatic nitrogens is 3. The summed E-state index contributed by atoms with van der Waals surface area (Å²) in [5.41, 5.74) is 2.49. The molecule has 0 spiro atoms. The van der Waals surface area contributed by atoms with E-state index in [1.807, 2.05) is 71.0 Å². The summed E-state index contributed by atoms with van der Waals surface area (Å²) >= 11 is 0. The van der Waals surface area contributed by atoms with Crippen molar-refractivity contribution in [1.29, 1.82) is 0 Å². The van der Waals surface area contributed by atoms with Crippen molar-refractivity contribution in [3.05, 3.63) is 60.2 Å². The highest BCUT2D eigenvalue weighted by molar-refractivity contribution is 5.95. The summed E-state index contributed by atoms with van der Waals surface area (Å²) < 4.78 is 7.82. The fraction of sp³-hybridized carbons (Fsp3) is 0.316. The molecule has 1 aliphatic rings. The topological polar surface area (TPSA) is 63.0 Å². The van der Waals surface area contributed by atoms with E-state index in [1.165, 1.54) is 0 Å². The van der Waals surface area contributed by atoms with E-state index < -0.39 is 0 Å². The summed E-state index contributed by atoms with van der Waals surface area (Å²) in [6.45, 7) is 1.55. The highest BCUT2D eigenvalue weighted by Crippen LogP contribution is 2.23. The summed E-state index contributed by atoms with van der Waals surface area (Å²) in [6.07, 6.45) is 5.29. The van der Waals surface area contributed by atoms with Gasteiger partial charge in [-0.1, -0.05) is 6.07 Å². The van der Waals surface area contributed by atoms with Crippen molar-refractivity contribution in [2.24, 2.45) is 0 Å². The molecule has 26 heavy (non-hydrogen) atoms. The molecule has 7 heteroatoms. The minimum absolute atomic E-state index is 0.0175. The number of amides is 1. The van der Waals surface area contributed by atoms with Gasteiger partial charge in [0, 0.05) is 44.7 Å². The van der Waals surface area contributed by atoms with E-state index in [1.54, 1.807) is 6.20 Å². The van der Waals surface area contributed by atoms with Crippen LogP contribution in [0.1, 0.15) is 22.2 Å². The summed E-state index contributed by atoms with van der Waals surface area (Å²) in [5.74, 6) is 0.650. The van der Waals surface area contributed by atoms with Crippen molar-refractivity contribution >= 4 is 17.4 Å². The molecule has 0 saturated carbocycles. The maximum absolute atomic E-state index is 12.9. The number of anilines is 1. The zero-order valence-electron chi connectivity index (χ0n) is 14.9. The Morgan fingerprint density at radius 1 is 1.31 bits per heavy atom. The Morgan fingerprint density at radius 3 is 3.00 bits per heavy atom. The zero-order chi connectivity index (χ0) is 18.1. The van der Waals surface area contributed by atoms with Crippen molar-refractivity contribution in [3.63, 3.8) is 0 Å². The average molecular weight is 351 g/mol. The predicted octanol–water partition coefficient (Wildman–Crippen LogP) is 2.01. The van der Waals surface area contributed by atoms with Crippen LogP contribution in [0.3, 0.4) is 0 Å². The van der Waals surface area contributed by atoms with Crippen LogP contribution in [0.2, 0.25) is 0 Å². The number of morpholine rings is 1. The lowest BCUT2D eigenvalue weighted by Crippen LogP contribution is -2.42. The van der Waals surface area contributed by atoms with Gasteiger partial charge in [0.15, 0.2) is 0 Å². The van der Waals surface area contributed by atoms with Crippen LogP contribution >= 0.6 is 0 Å². The number of nitrogens with zero attached hydrogens (tertiary/aromatic N) is 5. The molecule has 0 N–H and O–H groups in total. The van der Waals surface area contributed by atoms with Crippen LogP contribution in [0.4, 0.5) is 5.95 Å². The molecule has 7 nitrogen and oxygen atoms in total. The monoisotopic (exact) mass is 351 g/mol. The Labute approximate surface area is 151 Å². The molecular weight excluding hydrogens is 330 g/mol. The first-order chi connectivity index (χ1) is 12.6. The van der Waals surface area contributed by atoms with Crippen LogP contribution in [-0.4, -0.2) is 59.0 Å². The number of carbonyl (C=O) groups is 1. The van der Waals surface area contributed by atoms with Gasteiger partial charge in [0.05, 0.1) is 24.4 Å². The predicted molar refractivity (Wildman–Crippen MR) is 98.4 cm³/mol. The number of hydrogen-bond acceptors (Lipinski definition) is 5. The summed E-state index contributed by atoms with van der Waals surface area (Å²) in [7, 11) is 3.79. The van der Waals surface area contributed by atoms with E-state index in [0.717, 1.165) is 11.2 Å². The Morgan fingerprint density at radius 2 is 2.19 bits per heavy atom. The average Bonchev–Trinajstić information content (AvgIpc) is 3.12. The van der Waals surface area contributed by atoms with Gasteiger partial charge in [-0.05, 0) is 24.3 Å². The molecular formula is C19H21N5O2. The molecule has 3 aromatic rings. The molecule has 3 aromatic heterocycles. The molecule has 1 unspecified atom stereocenters. The van der Waals surface area contributed by atoms with Crippen LogP contribution in [0.5, 0.6) is 0 Å². The van der Waals surface area contributed by atoms with Gasteiger partial charge in [-0.25, -0.2) is 9.97 Å². The minimum atomic E-state index is -0.244. The SMILES string of the molecule is CN(C)c1nccc(C2CN(C(=O)c3cc4ccccn4c3)CCO2)n1. The second kappa shape index (κ2) is 6.76. The molecule has 1 amide bonds. The Hall–Kier alpha value is -2.93. The summed E-state index contributed by atoms with van der Waals surface area (Å²) in [4.78, 5) is 25.4. The molecule has 134 valence electrons. The standard InChI is InChI=1S/C19H21N5O2/c1-22(2)19-20-7-6-16(21-19)17-13-24(9-10-26-17)18(25)14-11-15-5-3-4-8-23(15)12-14/h3-8,11-12,17H,9-10,13H2,1-2H3. The smallest absolute Gasteiger partial charge is 0.255 e. The molecule has 0 radical (unpaired) electrons. The molecule has 4 heterocycles. The lowest BCUT2D eigenvalue weighted by molar-refractivity contribution is -0.0247. The second-order valence-electron chi connectivity index (χ2n) is 6.55. The van der Waals surface area contributed by atoms with Gasteiger partial charge in [-0.2, -0.15) is 0 Å². The maximum atomic E-state index is 12.9. The Kier molecular flexibility index (Phi) is 4.30. The van der Waals surface area contributed by atoms with Crippen LogP contribution in [0.15, 0.2) is 48.9 Å². The first kappa shape index (κ1) is 16.5. The molecule has 0 aliphatic carbocycles. The largest absolute Gasteiger partial charge is 0.368 e. The van der Waals surface area contributed by atoms with E-state index in [9.17, 15) is 4.79 Å². The molecule has 1 aliphatic heterocycles. The van der Waals surface area contributed by atoms with E-state index in [4.69, 9.17) is 4.74 Å². The fourth-order valence-electron chi connectivity index (χ4n) is 3.12. The van der Waals surface area contributed by atoms with Crippen molar-refractivity contribution in [2.75, 3.05) is 38.7 Å². The lowest BCUT2D eigenvalue weighted by Gasteiger charge is -2.32. The zero-order valence-corrected chi connectivity index (χ0v) is 14.9. The number of pyridine rings is 1. The van der Waals surface area contributed by atoms with Gasteiger partial charge in [-0.3, -0.25) is 4.79 Å². The number of fused-ring (bicyclic) bond motifs is 1. The highest BCUT2D eigenvalue weighted by Gasteiger charge is 2.27. The van der Waals surface area contributed by atoms with Crippen LogP contribution in [0.25, 0.3) is 5.52 Å². The van der Waals surface area contributed by atoms with Crippen LogP contribution in [0, 0.1) is 0 Å². The van der Waals surface area contributed by atoms with Crippen molar-refractivity contribution in [3.8, 4) is 0 Å². The highest BCUT2D eigenvalue weighted by atomic mass is 16.5. The quantitative estimate of drug-likeness (QED) is 0.722. The minimum Gasteiger partial charge on any atom is -0.368 e. The third-order valence-corrected chi connectivity index (χ3v) is 4.50. The van der Waals surface area contributed by atoms with Gasteiger partial charge < -0.3 is 18.9 Å². The molecule has 4 rings (SSSR count). The van der Waals surface area contributed by atoms with Crippen molar-refractivity contribution in [2.45, 2.75) is 6.10 Å². The first-order valence-electron chi connectivity index (χ1n) is 8.60. The third kappa shape index (κ3) is 3.13. The lowest BCUT2D eigenvalue weighted by atomic mass is 10.1. The van der Waals surface area contributed by atoms with Gasteiger partial charge >= 0.3 is 0 Å². The molecule has 1 atom stereocenters. The molecule has 0 bridgehead atoms. The van der Waals surface area contributed by atoms with Crippen LogP contribution in [-0.2, 0) is 4.74 Å². The van der Waals surface area contributed by atoms with E-state index in [-0.39, 0.29) is 12.0 Å². The Bertz CT molecular complexity index is 903. The number of hydrogen-bond donors (Lipinski definition) is 0. The van der Waals surface area contributed by atoms with Crippen LogP contribution < -0.4 is 4.90 Å². The van der Waals surface area contributed by atoms with Crippen molar-refractivity contribution < 1.29 is 9.53 Å². The van der Waals surface area contributed by atoms with Gasteiger partial charge in [0.2, 0.25) is 5.95 Å². The number of ether oxygens (including phenoxy) is 1. The van der Waals surface area contributed by atoms with Crippen molar-refractivity contribution in [1.82, 2.24) is 19.3 Å². The molecule has 0 aromatic carbocycles.